The Morgan fingerprint density at radius 2 is 1.83 bits per heavy atom. The molecule has 0 aromatic rings. The summed E-state index contributed by atoms with van der Waals surface area (Å²) in [6, 6.07) is 0. The maximum Gasteiger partial charge on any atom is 0.159 e. The summed E-state index contributed by atoms with van der Waals surface area (Å²) in [4.78, 5) is 36.9. The molecule has 0 amide bonds. The lowest BCUT2D eigenvalue weighted by atomic mass is 9.46. The van der Waals surface area contributed by atoms with Crippen molar-refractivity contribution in [1.29, 1.82) is 0 Å². The topological polar surface area (TPSA) is 51.2 Å². The van der Waals surface area contributed by atoms with Crippen molar-refractivity contribution in [2.75, 3.05) is 0 Å². The number of ketones is 3. The first kappa shape index (κ1) is 16.2. The van der Waals surface area contributed by atoms with Gasteiger partial charge in [0.25, 0.3) is 0 Å². The van der Waals surface area contributed by atoms with Gasteiger partial charge in [0.1, 0.15) is 5.78 Å². The fourth-order valence-electron chi connectivity index (χ4n) is 7.05. The lowest BCUT2D eigenvalue weighted by molar-refractivity contribution is -0.134. The molecular formula is C21H28O3. The number of fused-ring (bicyclic) bond motifs is 5. The first-order valence-electron chi connectivity index (χ1n) is 9.56. The van der Waals surface area contributed by atoms with Crippen LogP contribution < -0.4 is 0 Å². The summed E-state index contributed by atoms with van der Waals surface area (Å²) in [7, 11) is 0. The van der Waals surface area contributed by atoms with Gasteiger partial charge in [0.15, 0.2) is 11.6 Å². The van der Waals surface area contributed by atoms with Gasteiger partial charge in [0, 0.05) is 24.3 Å². The Labute approximate surface area is 144 Å². The lowest BCUT2D eigenvalue weighted by Gasteiger charge is -2.57. The van der Waals surface area contributed by atoms with Gasteiger partial charge in [0.05, 0.1) is 0 Å². The van der Waals surface area contributed by atoms with E-state index >= 15 is 0 Å². The van der Waals surface area contributed by atoms with E-state index in [4.69, 9.17) is 0 Å². The van der Waals surface area contributed by atoms with Gasteiger partial charge in [0.2, 0.25) is 0 Å². The van der Waals surface area contributed by atoms with E-state index in [9.17, 15) is 14.4 Å². The molecule has 0 spiro atoms. The quantitative estimate of drug-likeness (QED) is 0.733. The molecule has 0 radical (unpaired) electrons. The molecule has 0 aliphatic heterocycles. The molecule has 3 heteroatoms. The van der Waals surface area contributed by atoms with Crippen molar-refractivity contribution in [2.45, 2.75) is 65.7 Å². The van der Waals surface area contributed by atoms with E-state index in [2.05, 4.69) is 13.8 Å². The average molecular weight is 328 g/mol. The lowest BCUT2D eigenvalue weighted by Crippen LogP contribution is -2.53. The first-order valence-corrected chi connectivity index (χ1v) is 9.56. The molecule has 0 N–H and O–H groups in total. The monoisotopic (exact) mass is 328 g/mol. The van der Waals surface area contributed by atoms with Gasteiger partial charge < -0.3 is 0 Å². The van der Waals surface area contributed by atoms with Gasteiger partial charge in [-0.2, -0.15) is 0 Å². The van der Waals surface area contributed by atoms with Crippen LogP contribution in [0.2, 0.25) is 0 Å². The van der Waals surface area contributed by atoms with Crippen LogP contribution in [0.15, 0.2) is 11.6 Å². The van der Waals surface area contributed by atoms with E-state index in [-0.39, 0.29) is 28.3 Å². The van der Waals surface area contributed by atoms with E-state index in [1.54, 1.807) is 13.0 Å². The molecule has 0 heterocycles. The van der Waals surface area contributed by atoms with Crippen molar-refractivity contribution in [3.63, 3.8) is 0 Å². The number of carbonyl (C=O) groups is 3. The molecule has 4 aliphatic carbocycles. The van der Waals surface area contributed by atoms with Crippen LogP contribution in [0, 0.1) is 34.5 Å². The highest BCUT2D eigenvalue weighted by atomic mass is 16.1. The molecule has 0 bridgehead atoms. The van der Waals surface area contributed by atoms with Gasteiger partial charge in [-0.15, -0.1) is 0 Å². The van der Waals surface area contributed by atoms with Crippen LogP contribution in [-0.2, 0) is 14.4 Å². The highest BCUT2D eigenvalue weighted by molar-refractivity contribution is 6.05. The summed E-state index contributed by atoms with van der Waals surface area (Å²) in [5.74, 6) is 2.21. The third-order valence-corrected chi connectivity index (χ3v) is 8.28. The van der Waals surface area contributed by atoms with Crippen LogP contribution >= 0.6 is 0 Å². The maximum atomic E-state index is 12.9. The van der Waals surface area contributed by atoms with E-state index < -0.39 is 0 Å². The van der Waals surface area contributed by atoms with Crippen molar-refractivity contribution >= 4 is 17.3 Å². The summed E-state index contributed by atoms with van der Waals surface area (Å²) in [5, 5.41) is 0. The first-order chi connectivity index (χ1) is 11.3. The predicted octanol–water partition coefficient (Wildman–Crippen LogP) is 3.90. The van der Waals surface area contributed by atoms with Gasteiger partial charge >= 0.3 is 0 Å². The number of allylic oxidation sites excluding steroid dienone is 1. The van der Waals surface area contributed by atoms with Crippen LogP contribution in [0.3, 0.4) is 0 Å². The smallest absolute Gasteiger partial charge is 0.159 e. The second-order valence-corrected chi connectivity index (χ2v) is 9.23. The zero-order valence-electron chi connectivity index (χ0n) is 15.1. The molecule has 24 heavy (non-hydrogen) atoms. The molecule has 4 aliphatic rings. The maximum absolute atomic E-state index is 12.9. The van der Waals surface area contributed by atoms with E-state index in [1.165, 1.54) is 0 Å². The molecule has 3 saturated carbocycles. The Kier molecular flexibility index (Phi) is 3.47. The Bertz CT molecular complexity index is 660. The number of hydrogen-bond acceptors (Lipinski definition) is 3. The van der Waals surface area contributed by atoms with E-state index in [0.29, 0.717) is 36.4 Å². The summed E-state index contributed by atoms with van der Waals surface area (Å²) in [6.07, 6.45) is 7.91. The number of rotatable bonds is 1. The third kappa shape index (κ3) is 1.99. The van der Waals surface area contributed by atoms with Gasteiger partial charge in [-0.1, -0.05) is 13.8 Å². The Morgan fingerprint density at radius 3 is 2.54 bits per heavy atom. The predicted molar refractivity (Wildman–Crippen MR) is 91.3 cm³/mol. The van der Waals surface area contributed by atoms with Crippen LogP contribution in [0.1, 0.15) is 65.7 Å². The van der Waals surface area contributed by atoms with Crippen molar-refractivity contribution in [3.8, 4) is 0 Å². The van der Waals surface area contributed by atoms with Gasteiger partial charge in [-0.25, -0.2) is 0 Å². The Balaban J connectivity index is 1.72. The summed E-state index contributed by atoms with van der Waals surface area (Å²) in [5.41, 5.74) is 0.767. The van der Waals surface area contributed by atoms with E-state index in [0.717, 1.165) is 37.7 Å². The van der Waals surface area contributed by atoms with Crippen molar-refractivity contribution < 1.29 is 14.4 Å². The molecule has 0 unspecified atom stereocenters. The van der Waals surface area contributed by atoms with Crippen LogP contribution in [0.4, 0.5) is 0 Å². The highest BCUT2D eigenvalue weighted by Gasteiger charge is 2.61. The molecular weight excluding hydrogens is 300 g/mol. The largest absolute Gasteiger partial charge is 0.300 e. The highest BCUT2D eigenvalue weighted by Crippen LogP contribution is 2.66. The minimum Gasteiger partial charge on any atom is -0.300 e. The molecule has 3 fully saturated rings. The molecule has 4 rings (SSSR count). The van der Waals surface area contributed by atoms with Crippen molar-refractivity contribution in [1.82, 2.24) is 0 Å². The van der Waals surface area contributed by atoms with Gasteiger partial charge in [-0.3, -0.25) is 14.4 Å². The number of carbonyl (C=O) groups excluding carboxylic acids is 3. The standard InChI is InChI=1S/C21H28O3/c1-12(22)15-4-5-16-14-11-19(24)18-10-13(23)6-8-21(18,3)17(14)7-9-20(15,16)2/h10,14-17H,4-9,11H2,1-3H3/t14-,15+,16-,17-,20-,21+/m1/s1. The second kappa shape index (κ2) is 5.12. The minimum absolute atomic E-state index is 0.0787. The Hall–Kier alpha value is -1.25. The van der Waals surface area contributed by atoms with Crippen LogP contribution in [0.5, 0.6) is 0 Å². The zero-order chi connectivity index (χ0) is 17.3. The fraction of sp³-hybridized carbons (Fsp3) is 0.762. The van der Waals surface area contributed by atoms with Crippen molar-refractivity contribution in [3.05, 3.63) is 11.6 Å². The molecule has 0 aromatic heterocycles. The normalized spacial score (nSPS) is 47.5. The molecule has 3 nitrogen and oxygen atoms in total. The minimum atomic E-state index is -0.121. The molecule has 0 saturated heterocycles. The second-order valence-electron chi connectivity index (χ2n) is 9.23. The Morgan fingerprint density at radius 1 is 1.08 bits per heavy atom. The molecule has 130 valence electrons. The fourth-order valence-corrected chi connectivity index (χ4v) is 7.05. The number of Topliss-reactive ketones (excluding diaryl/α,β-unsaturated/α-hetero) is 2. The van der Waals surface area contributed by atoms with E-state index in [1.807, 2.05) is 0 Å². The van der Waals surface area contributed by atoms with Crippen LogP contribution in [-0.4, -0.2) is 17.3 Å². The average Bonchev–Trinajstić information content (AvgIpc) is 2.87. The summed E-state index contributed by atoms with van der Waals surface area (Å²) < 4.78 is 0. The number of hydrogen-bond donors (Lipinski definition) is 0. The zero-order valence-corrected chi connectivity index (χ0v) is 15.1. The summed E-state index contributed by atoms with van der Waals surface area (Å²) in [6.45, 7) is 6.26. The van der Waals surface area contributed by atoms with Gasteiger partial charge in [-0.05, 0) is 73.7 Å². The summed E-state index contributed by atoms with van der Waals surface area (Å²) >= 11 is 0. The molecule has 0 aromatic carbocycles. The third-order valence-electron chi connectivity index (χ3n) is 8.28. The molecule has 6 atom stereocenters. The van der Waals surface area contributed by atoms with Crippen LogP contribution in [0.25, 0.3) is 0 Å². The SMILES string of the molecule is CC(=O)[C@@H]1CC[C@@H]2[C@H]3CC(=O)C4=CC(=O)CC[C@@]4(C)[C@@H]3CC[C@@]21C. The van der Waals surface area contributed by atoms with Crippen molar-refractivity contribution in [2.24, 2.45) is 34.5 Å².